The summed E-state index contributed by atoms with van der Waals surface area (Å²) >= 11 is 0. The number of esters is 1. The number of alkyl halides is 3. The predicted octanol–water partition coefficient (Wildman–Crippen LogP) is 5.39. The highest BCUT2D eigenvalue weighted by Crippen LogP contribution is 2.42. The Morgan fingerprint density at radius 3 is 2.22 bits per heavy atom. The highest BCUT2D eigenvalue weighted by atomic mass is 19.4. The Hall–Kier alpha value is -2.64. The Kier molecular flexibility index (Phi) is 9.47. The minimum absolute atomic E-state index is 0.0373. The van der Waals surface area contributed by atoms with Crippen molar-refractivity contribution in [1.82, 2.24) is 5.32 Å². The molecule has 2 aromatic rings. The molecule has 174 valence electrons. The summed E-state index contributed by atoms with van der Waals surface area (Å²) in [6, 6.07) is 16.7. The molecule has 0 saturated heterocycles. The standard InChI is InChI=1S/C25H30F3NO3/c1-4-19(2)22(29-18-20-12-7-5-8-13-20)16-11-17-32-23(30)24(31-3,25(26,27)28)21-14-9-6-10-15-21/h4-10,12-15,19,22,29H,1,11,16-18H2,2-3H3/t19-,22+,24+/m1/s1. The lowest BCUT2D eigenvalue weighted by atomic mass is 9.92. The molecule has 0 aliphatic heterocycles. The van der Waals surface area contributed by atoms with Crippen molar-refractivity contribution in [3.63, 3.8) is 0 Å². The lowest BCUT2D eigenvalue weighted by molar-refractivity contribution is -0.276. The zero-order valence-corrected chi connectivity index (χ0v) is 18.4. The zero-order chi connectivity index (χ0) is 23.6. The molecular formula is C25H30F3NO3. The maximum Gasteiger partial charge on any atom is 0.432 e. The van der Waals surface area contributed by atoms with E-state index in [0.717, 1.165) is 12.7 Å². The molecule has 7 heteroatoms. The van der Waals surface area contributed by atoms with Gasteiger partial charge in [0.25, 0.3) is 5.60 Å². The topological polar surface area (TPSA) is 47.6 Å². The van der Waals surface area contributed by atoms with Crippen LogP contribution in [0.15, 0.2) is 73.3 Å². The molecule has 0 heterocycles. The summed E-state index contributed by atoms with van der Waals surface area (Å²) in [6.45, 7) is 6.34. The smallest absolute Gasteiger partial charge is 0.432 e. The fraction of sp³-hybridized carbons (Fsp3) is 0.400. The summed E-state index contributed by atoms with van der Waals surface area (Å²) in [5.41, 5.74) is -2.35. The van der Waals surface area contributed by atoms with Crippen LogP contribution in [0.5, 0.6) is 0 Å². The van der Waals surface area contributed by atoms with Gasteiger partial charge in [-0.25, -0.2) is 4.79 Å². The van der Waals surface area contributed by atoms with Crippen LogP contribution >= 0.6 is 0 Å². The summed E-state index contributed by atoms with van der Waals surface area (Å²) in [5, 5.41) is 3.45. The molecule has 0 amide bonds. The third kappa shape index (κ3) is 6.20. The van der Waals surface area contributed by atoms with Gasteiger partial charge in [-0.3, -0.25) is 0 Å². The van der Waals surface area contributed by atoms with Gasteiger partial charge in [-0.15, -0.1) is 6.58 Å². The van der Waals surface area contributed by atoms with Gasteiger partial charge < -0.3 is 14.8 Å². The summed E-state index contributed by atoms with van der Waals surface area (Å²) < 4.78 is 51.6. The summed E-state index contributed by atoms with van der Waals surface area (Å²) in [5.74, 6) is -1.34. The van der Waals surface area contributed by atoms with E-state index in [4.69, 9.17) is 9.47 Å². The molecule has 32 heavy (non-hydrogen) atoms. The number of hydrogen-bond donors (Lipinski definition) is 1. The number of carbonyl (C=O) groups excluding carboxylic acids is 1. The van der Waals surface area contributed by atoms with Crippen molar-refractivity contribution in [2.24, 2.45) is 5.92 Å². The molecule has 0 aliphatic carbocycles. The van der Waals surface area contributed by atoms with Crippen molar-refractivity contribution in [2.45, 2.75) is 44.1 Å². The molecule has 0 spiro atoms. The van der Waals surface area contributed by atoms with E-state index in [9.17, 15) is 18.0 Å². The molecule has 0 saturated carbocycles. The van der Waals surface area contributed by atoms with E-state index in [1.54, 1.807) is 6.07 Å². The van der Waals surface area contributed by atoms with Gasteiger partial charge in [-0.05, 0) is 24.3 Å². The van der Waals surface area contributed by atoms with E-state index >= 15 is 0 Å². The lowest BCUT2D eigenvalue weighted by Gasteiger charge is -2.32. The first kappa shape index (κ1) is 25.6. The molecule has 4 nitrogen and oxygen atoms in total. The number of ether oxygens (including phenoxy) is 2. The first-order valence-corrected chi connectivity index (χ1v) is 10.5. The second-order valence-corrected chi connectivity index (χ2v) is 7.60. The second kappa shape index (κ2) is 11.8. The minimum Gasteiger partial charge on any atom is -0.463 e. The quantitative estimate of drug-likeness (QED) is 0.268. The molecule has 0 aliphatic rings. The molecule has 0 aromatic heterocycles. The van der Waals surface area contributed by atoms with Gasteiger partial charge in [-0.2, -0.15) is 13.2 Å². The van der Waals surface area contributed by atoms with Crippen molar-refractivity contribution in [3.05, 3.63) is 84.4 Å². The second-order valence-electron chi connectivity index (χ2n) is 7.60. The van der Waals surface area contributed by atoms with E-state index in [0.29, 0.717) is 19.4 Å². The number of benzene rings is 2. The maximum atomic E-state index is 13.9. The van der Waals surface area contributed by atoms with Crippen LogP contribution in [0.1, 0.15) is 30.9 Å². The van der Waals surface area contributed by atoms with Gasteiger partial charge in [-0.1, -0.05) is 73.7 Å². The highest BCUT2D eigenvalue weighted by Gasteiger charge is 2.64. The molecule has 3 atom stereocenters. The van der Waals surface area contributed by atoms with Crippen molar-refractivity contribution in [1.29, 1.82) is 0 Å². The molecule has 2 rings (SSSR count). The Labute approximate surface area is 187 Å². The van der Waals surface area contributed by atoms with Gasteiger partial charge in [0.15, 0.2) is 0 Å². The van der Waals surface area contributed by atoms with Crippen molar-refractivity contribution < 1.29 is 27.4 Å². The lowest BCUT2D eigenvalue weighted by Crippen LogP contribution is -2.51. The molecule has 0 fully saturated rings. The van der Waals surface area contributed by atoms with Gasteiger partial charge in [0, 0.05) is 25.3 Å². The normalized spacial score (nSPS) is 15.4. The average molecular weight is 450 g/mol. The first-order valence-electron chi connectivity index (χ1n) is 10.5. The number of halogens is 3. The van der Waals surface area contributed by atoms with Gasteiger partial charge in [0.05, 0.1) is 6.61 Å². The van der Waals surface area contributed by atoms with E-state index in [1.807, 2.05) is 43.3 Å². The maximum absolute atomic E-state index is 13.9. The highest BCUT2D eigenvalue weighted by molar-refractivity contribution is 5.82. The van der Waals surface area contributed by atoms with Crippen LogP contribution in [0.3, 0.4) is 0 Å². The van der Waals surface area contributed by atoms with Crippen molar-refractivity contribution >= 4 is 5.97 Å². The van der Waals surface area contributed by atoms with E-state index in [1.165, 1.54) is 24.3 Å². The summed E-state index contributed by atoms with van der Waals surface area (Å²) in [4.78, 5) is 12.6. The SMILES string of the molecule is C=C[C@@H](C)[C@H](CCCOC(=O)[C@@](OC)(c1ccccc1)C(F)(F)F)NCc1ccccc1. The average Bonchev–Trinajstić information content (AvgIpc) is 2.79. The Morgan fingerprint density at radius 2 is 1.69 bits per heavy atom. The van der Waals surface area contributed by atoms with Crippen molar-refractivity contribution in [2.75, 3.05) is 13.7 Å². The van der Waals surface area contributed by atoms with Crippen LogP contribution in [0.4, 0.5) is 13.2 Å². The van der Waals surface area contributed by atoms with Crippen molar-refractivity contribution in [3.8, 4) is 0 Å². The van der Waals surface area contributed by atoms with Gasteiger partial charge >= 0.3 is 12.1 Å². The zero-order valence-electron chi connectivity index (χ0n) is 18.4. The van der Waals surface area contributed by atoms with Gasteiger partial charge in [0.1, 0.15) is 0 Å². The number of carbonyl (C=O) groups is 1. The largest absolute Gasteiger partial charge is 0.463 e. The van der Waals surface area contributed by atoms with Crippen LogP contribution in [0.25, 0.3) is 0 Å². The molecule has 0 bridgehead atoms. The van der Waals surface area contributed by atoms with Crippen LogP contribution < -0.4 is 5.32 Å². The minimum atomic E-state index is -4.97. The Bertz CT molecular complexity index is 843. The van der Waals surface area contributed by atoms with Gasteiger partial charge in [0.2, 0.25) is 0 Å². The molecule has 1 N–H and O–H groups in total. The summed E-state index contributed by atoms with van der Waals surface area (Å²) in [6.07, 6.45) is -2.16. The Morgan fingerprint density at radius 1 is 1.09 bits per heavy atom. The molecule has 2 aromatic carbocycles. The monoisotopic (exact) mass is 449 g/mol. The van der Waals surface area contributed by atoms with Crippen LogP contribution in [0, 0.1) is 5.92 Å². The summed E-state index contributed by atoms with van der Waals surface area (Å²) in [7, 11) is 0.858. The van der Waals surface area contributed by atoms with Crippen LogP contribution in [0.2, 0.25) is 0 Å². The number of rotatable bonds is 12. The Balaban J connectivity index is 1.99. The van der Waals surface area contributed by atoms with E-state index < -0.39 is 17.7 Å². The fourth-order valence-electron chi connectivity index (χ4n) is 3.52. The number of nitrogens with one attached hydrogen (secondary N) is 1. The fourth-order valence-corrected chi connectivity index (χ4v) is 3.52. The number of hydrogen-bond acceptors (Lipinski definition) is 4. The molecular weight excluding hydrogens is 419 g/mol. The first-order chi connectivity index (χ1) is 15.3. The van der Waals surface area contributed by atoms with Crippen LogP contribution in [-0.2, 0) is 26.4 Å². The predicted molar refractivity (Wildman–Crippen MR) is 118 cm³/mol. The van der Waals surface area contributed by atoms with E-state index in [2.05, 4.69) is 11.9 Å². The number of methoxy groups -OCH3 is 1. The molecule has 0 unspecified atom stereocenters. The van der Waals surface area contributed by atoms with Crippen LogP contribution in [-0.4, -0.2) is 31.9 Å². The van der Waals surface area contributed by atoms with E-state index in [-0.39, 0.29) is 24.1 Å². The molecule has 0 radical (unpaired) electrons. The third-order valence-electron chi connectivity index (χ3n) is 5.48. The third-order valence-corrected chi connectivity index (χ3v) is 5.48.